The van der Waals surface area contributed by atoms with Crippen LogP contribution < -0.4 is 10.9 Å². The molecule has 0 bridgehead atoms. The number of aryl methyl sites for hydroxylation is 1. The third-order valence-electron chi connectivity index (χ3n) is 5.43. The van der Waals surface area contributed by atoms with E-state index in [4.69, 9.17) is 0 Å². The van der Waals surface area contributed by atoms with Crippen molar-refractivity contribution in [2.75, 3.05) is 26.2 Å². The van der Waals surface area contributed by atoms with Crippen LogP contribution in [-0.4, -0.2) is 46.8 Å². The van der Waals surface area contributed by atoms with Crippen molar-refractivity contribution < 1.29 is 4.79 Å². The Labute approximate surface area is 175 Å². The summed E-state index contributed by atoms with van der Waals surface area (Å²) >= 11 is 1.58. The molecule has 0 fully saturated rings. The van der Waals surface area contributed by atoms with Crippen LogP contribution in [0.2, 0.25) is 0 Å². The Morgan fingerprint density at radius 2 is 1.97 bits per heavy atom. The molecule has 1 atom stereocenters. The SMILES string of the molecule is CC[C@H](C(=O)NCCCN(CC)CC)n1nc(C)c2sc3ccccc3c2c1=O. The van der Waals surface area contributed by atoms with E-state index < -0.39 is 6.04 Å². The van der Waals surface area contributed by atoms with E-state index in [1.807, 2.05) is 38.1 Å². The zero-order valence-corrected chi connectivity index (χ0v) is 18.5. The van der Waals surface area contributed by atoms with Crippen LogP contribution >= 0.6 is 11.3 Å². The summed E-state index contributed by atoms with van der Waals surface area (Å²) in [6, 6.07) is 7.29. The summed E-state index contributed by atoms with van der Waals surface area (Å²) in [5.74, 6) is -0.139. The summed E-state index contributed by atoms with van der Waals surface area (Å²) in [5, 5.41) is 9.12. The zero-order valence-electron chi connectivity index (χ0n) is 17.7. The van der Waals surface area contributed by atoms with Crippen LogP contribution in [0.5, 0.6) is 0 Å². The number of hydrogen-bond donors (Lipinski definition) is 1. The fourth-order valence-electron chi connectivity index (χ4n) is 3.73. The Kier molecular flexibility index (Phi) is 7.03. The molecule has 0 aliphatic carbocycles. The topological polar surface area (TPSA) is 67.2 Å². The first-order chi connectivity index (χ1) is 14.0. The van der Waals surface area contributed by atoms with Crippen molar-refractivity contribution in [3.8, 4) is 0 Å². The van der Waals surface area contributed by atoms with Gasteiger partial charge in [-0.05, 0) is 45.5 Å². The number of nitrogens with one attached hydrogen (secondary N) is 1. The summed E-state index contributed by atoms with van der Waals surface area (Å²) in [5.41, 5.74) is 0.599. The van der Waals surface area contributed by atoms with Crippen LogP contribution in [0.1, 0.15) is 45.3 Å². The lowest BCUT2D eigenvalue weighted by Crippen LogP contribution is -2.39. The van der Waals surface area contributed by atoms with Crippen LogP contribution in [0.3, 0.4) is 0 Å². The van der Waals surface area contributed by atoms with Gasteiger partial charge in [0.25, 0.3) is 5.56 Å². The number of thiophene rings is 1. The van der Waals surface area contributed by atoms with Gasteiger partial charge >= 0.3 is 0 Å². The number of carbonyl (C=O) groups is 1. The predicted molar refractivity (Wildman–Crippen MR) is 121 cm³/mol. The average Bonchev–Trinajstić information content (AvgIpc) is 3.13. The van der Waals surface area contributed by atoms with Crippen molar-refractivity contribution in [3.05, 3.63) is 40.3 Å². The molecule has 6 nitrogen and oxygen atoms in total. The highest BCUT2D eigenvalue weighted by Gasteiger charge is 2.24. The lowest BCUT2D eigenvalue weighted by atomic mass is 10.1. The molecule has 7 heteroatoms. The van der Waals surface area contributed by atoms with E-state index in [2.05, 4.69) is 29.2 Å². The Balaban J connectivity index is 1.85. The minimum absolute atomic E-state index is 0.139. The number of amides is 1. The number of fused-ring (bicyclic) bond motifs is 3. The summed E-state index contributed by atoms with van der Waals surface area (Å²) in [6.45, 7) is 11.7. The minimum Gasteiger partial charge on any atom is -0.354 e. The molecule has 0 spiro atoms. The average molecular weight is 415 g/mol. The summed E-state index contributed by atoms with van der Waals surface area (Å²) in [6.07, 6.45) is 1.40. The molecule has 0 aliphatic rings. The molecular formula is C22H30N4O2S. The molecule has 0 unspecified atom stereocenters. The van der Waals surface area contributed by atoms with Gasteiger partial charge in [0.05, 0.1) is 15.8 Å². The molecular weight excluding hydrogens is 384 g/mol. The van der Waals surface area contributed by atoms with Gasteiger partial charge in [0.1, 0.15) is 6.04 Å². The van der Waals surface area contributed by atoms with E-state index in [0.29, 0.717) is 18.4 Å². The molecule has 1 N–H and O–H groups in total. The van der Waals surface area contributed by atoms with Crippen molar-refractivity contribution in [3.63, 3.8) is 0 Å². The Morgan fingerprint density at radius 3 is 2.66 bits per heavy atom. The molecule has 3 rings (SSSR count). The minimum atomic E-state index is -0.599. The van der Waals surface area contributed by atoms with E-state index in [0.717, 1.165) is 46.5 Å². The van der Waals surface area contributed by atoms with Crippen molar-refractivity contribution >= 4 is 37.4 Å². The van der Waals surface area contributed by atoms with Crippen LogP contribution in [0.25, 0.3) is 20.2 Å². The largest absolute Gasteiger partial charge is 0.354 e. The van der Waals surface area contributed by atoms with Gasteiger partial charge in [0.15, 0.2) is 0 Å². The van der Waals surface area contributed by atoms with Gasteiger partial charge in [0.2, 0.25) is 5.91 Å². The monoisotopic (exact) mass is 414 g/mol. The maximum atomic E-state index is 13.3. The van der Waals surface area contributed by atoms with E-state index in [1.165, 1.54) is 4.68 Å². The number of aromatic nitrogens is 2. The molecule has 0 radical (unpaired) electrons. The smallest absolute Gasteiger partial charge is 0.276 e. The molecule has 156 valence electrons. The fraction of sp³-hybridized carbons (Fsp3) is 0.500. The van der Waals surface area contributed by atoms with Gasteiger partial charge in [0, 0.05) is 16.6 Å². The Morgan fingerprint density at radius 1 is 1.24 bits per heavy atom. The van der Waals surface area contributed by atoms with E-state index in [1.54, 1.807) is 11.3 Å². The molecule has 0 saturated carbocycles. The van der Waals surface area contributed by atoms with Gasteiger partial charge < -0.3 is 10.2 Å². The third-order valence-corrected chi connectivity index (χ3v) is 6.71. The van der Waals surface area contributed by atoms with Gasteiger partial charge in [-0.1, -0.05) is 39.0 Å². The zero-order chi connectivity index (χ0) is 21.0. The Bertz CT molecular complexity index is 1050. The normalized spacial score (nSPS) is 12.7. The highest BCUT2D eigenvalue weighted by molar-refractivity contribution is 7.26. The lowest BCUT2D eigenvalue weighted by molar-refractivity contribution is -0.124. The molecule has 0 saturated heterocycles. The maximum absolute atomic E-state index is 13.3. The molecule has 2 aromatic heterocycles. The molecule has 3 aromatic rings. The second-order valence-corrected chi connectivity index (χ2v) is 8.29. The van der Waals surface area contributed by atoms with Crippen molar-refractivity contribution in [1.82, 2.24) is 20.0 Å². The summed E-state index contributed by atoms with van der Waals surface area (Å²) < 4.78 is 3.36. The molecule has 1 aromatic carbocycles. The molecule has 1 amide bonds. The fourth-order valence-corrected chi connectivity index (χ4v) is 4.87. The van der Waals surface area contributed by atoms with E-state index in [9.17, 15) is 9.59 Å². The van der Waals surface area contributed by atoms with Gasteiger partial charge in [-0.25, -0.2) is 4.68 Å². The summed E-state index contributed by atoms with van der Waals surface area (Å²) in [4.78, 5) is 28.4. The van der Waals surface area contributed by atoms with Crippen molar-refractivity contribution in [2.45, 2.75) is 46.6 Å². The second-order valence-electron chi connectivity index (χ2n) is 7.23. The number of rotatable bonds is 9. The van der Waals surface area contributed by atoms with Gasteiger partial charge in [-0.15, -0.1) is 11.3 Å². The standard InChI is InChI=1S/C22H30N4O2S/c1-5-17(21(27)23-13-10-14-25(6-2)7-3)26-22(28)19-16-11-8-9-12-18(16)29-20(19)15(4)24-26/h8-9,11-12,17H,5-7,10,13-14H2,1-4H3,(H,23,27)/t17-/m1/s1. The Hall–Kier alpha value is -2.25. The maximum Gasteiger partial charge on any atom is 0.276 e. The number of hydrogen-bond acceptors (Lipinski definition) is 5. The quantitative estimate of drug-likeness (QED) is 0.542. The van der Waals surface area contributed by atoms with Gasteiger partial charge in [-0.2, -0.15) is 5.10 Å². The first kappa shape index (κ1) is 21.5. The first-order valence-electron chi connectivity index (χ1n) is 10.4. The molecule has 29 heavy (non-hydrogen) atoms. The van der Waals surface area contributed by atoms with Crippen LogP contribution in [0.4, 0.5) is 0 Å². The highest BCUT2D eigenvalue weighted by Crippen LogP contribution is 2.33. The van der Waals surface area contributed by atoms with Crippen LogP contribution in [0, 0.1) is 6.92 Å². The number of benzene rings is 1. The first-order valence-corrected chi connectivity index (χ1v) is 11.2. The predicted octanol–water partition coefficient (Wildman–Crippen LogP) is 3.72. The molecule has 0 aliphatic heterocycles. The van der Waals surface area contributed by atoms with Crippen LogP contribution in [-0.2, 0) is 4.79 Å². The van der Waals surface area contributed by atoms with Crippen molar-refractivity contribution in [2.24, 2.45) is 0 Å². The highest BCUT2D eigenvalue weighted by atomic mass is 32.1. The van der Waals surface area contributed by atoms with E-state index in [-0.39, 0.29) is 11.5 Å². The van der Waals surface area contributed by atoms with Crippen molar-refractivity contribution in [1.29, 1.82) is 0 Å². The lowest BCUT2D eigenvalue weighted by Gasteiger charge is -2.20. The number of nitrogens with zero attached hydrogens (tertiary/aromatic N) is 3. The van der Waals surface area contributed by atoms with Gasteiger partial charge in [-0.3, -0.25) is 9.59 Å². The number of carbonyl (C=O) groups excluding carboxylic acids is 1. The van der Waals surface area contributed by atoms with Crippen LogP contribution in [0.15, 0.2) is 29.1 Å². The second kappa shape index (κ2) is 9.50. The summed E-state index contributed by atoms with van der Waals surface area (Å²) in [7, 11) is 0. The molecule has 2 heterocycles. The third kappa shape index (κ3) is 4.36. The van der Waals surface area contributed by atoms with E-state index >= 15 is 0 Å².